The maximum Gasteiger partial charge on any atom is 0.417 e. The van der Waals surface area contributed by atoms with E-state index in [2.05, 4.69) is 53.1 Å². The lowest BCUT2D eigenvalue weighted by Crippen LogP contribution is -2.12. The third-order valence-corrected chi connectivity index (χ3v) is 13.8. The summed E-state index contributed by atoms with van der Waals surface area (Å²) in [5.41, 5.74) is 2.32. The highest BCUT2D eigenvalue weighted by Crippen LogP contribution is 2.49. The van der Waals surface area contributed by atoms with Gasteiger partial charge in [0.15, 0.2) is 0 Å². The lowest BCUT2D eigenvalue weighted by atomic mass is 9.96. The molecule has 0 aliphatic carbocycles. The van der Waals surface area contributed by atoms with Gasteiger partial charge in [-0.15, -0.1) is 22.7 Å². The van der Waals surface area contributed by atoms with Crippen molar-refractivity contribution in [2.75, 3.05) is 0 Å². The molecular weight excluding hydrogens is 776 g/mol. The molecule has 12 rings (SSSR count). The van der Waals surface area contributed by atoms with E-state index in [4.69, 9.17) is 0 Å². The molecule has 4 aromatic heterocycles. The number of fused-ring (bicyclic) bond motifs is 14. The predicted molar refractivity (Wildman–Crippen MR) is 231 cm³/mol. The maximum atomic E-state index is 15.7. The molecule has 0 saturated carbocycles. The summed E-state index contributed by atoms with van der Waals surface area (Å²) in [4.78, 5) is 0. The number of aromatic nitrogens is 2. The number of hydrogen-bond donors (Lipinski definition) is 0. The second kappa shape index (κ2) is 12.0. The fraction of sp³-hybridized carbons (Fsp3) is 0.0204. The Morgan fingerprint density at radius 2 is 0.845 bits per heavy atom. The Bertz CT molecular complexity index is 3690. The zero-order valence-corrected chi connectivity index (χ0v) is 31.7. The van der Waals surface area contributed by atoms with E-state index >= 15 is 13.2 Å². The molecule has 0 N–H and O–H groups in total. The van der Waals surface area contributed by atoms with E-state index in [1.54, 1.807) is 22.7 Å². The molecule has 0 bridgehead atoms. The van der Waals surface area contributed by atoms with E-state index in [0.29, 0.717) is 11.8 Å². The zero-order valence-electron chi connectivity index (χ0n) is 30.0. The van der Waals surface area contributed by atoms with E-state index in [1.165, 1.54) is 12.1 Å². The Balaban J connectivity index is 1.34. The number of para-hydroxylation sites is 2. The summed E-state index contributed by atoms with van der Waals surface area (Å²) < 4.78 is 85.1. The van der Waals surface area contributed by atoms with Crippen molar-refractivity contribution >= 4 is 107 Å². The average molecular weight is 801 g/mol. The molecule has 8 aromatic carbocycles. The minimum absolute atomic E-state index is 0.209. The normalized spacial score (nSPS) is 12.6. The highest BCUT2D eigenvalue weighted by atomic mass is 32.1. The molecule has 0 radical (unpaired) electrons. The van der Waals surface area contributed by atoms with Crippen molar-refractivity contribution in [1.29, 1.82) is 0 Å². The van der Waals surface area contributed by atoms with Crippen LogP contribution in [0.5, 0.6) is 0 Å². The monoisotopic (exact) mass is 800 g/mol. The third kappa shape index (κ3) is 4.68. The van der Waals surface area contributed by atoms with Crippen LogP contribution in [0.1, 0.15) is 5.56 Å². The van der Waals surface area contributed by atoms with Gasteiger partial charge in [0.05, 0.1) is 48.4 Å². The van der Waals surface area contributed by atoms with Gasteiger partial charge >= 0.3 is 6.18 Å². The third-order valence-electron chi connectivity index (χ3n) is 11.4. The minimum Gasteiger partial charge on any atom is -0.306 e. The molecule has 278 valence electrons. The average Bonchev–Trinajstić information content (AvgIpc) is 3.97. The Morgan fingerprint density at radius 3 is 1.34 bits per heavy atom. The van der Waals surface area contributed by atoms with Crippen LogP contribution in [0, 0.1) is 11.6 Å². The summed E-state index contributed by atoms with van der Waals surface area (Å²) in [6.45, 7) is 0. The van der Waals surface area contributed by atoms with Crippen LogP contribution in [0.3, 0.4) is 0 Å². The van der Waals surface area contributed by atoms with Crippen molar-refractivity contribution in [2.45, 2.75) is 6.18 Å². The Kier molecular flexibility index (Phi) is 6.94. The topological polar surface area (TPSA) is 9.86 Å². The van der Waals surface area contributed by atoms with Crippen LogP contribution in [0.4, 0.5) is 22.0 Å². The number of benzene rings is 8. The molecule has 0 aliphatic rings. The van der Waals surface area contributed by atoms with Crippen LogP contribution in [-0.4, -0.2) is 9.13 Å². The van der Waals surface area contributed by atoms with E-state index in [0.717, 1.165) is 96.1 Å². The molecule has 12 aromatic rings. The van der Waals surface area contributed by atoms with E-state index in [-0.39, 0.29) is 16.8 Å². The van der Waals surface area contributed by atoms with Crippen molar-refractivity contribution < 1.29 is 22.0 Å². The second-order valence-electron chi connectivity index (χ2n) is 14.6. The predicted octanol–water partition coefficient (Wildman–Crippen LogP) is 15.6. The second-order valence-corrected chi connectivity index (χ2v) is 16.7. The van der Waals surface area contributed by atoms with Crippen molar-refractivity contribution in [3.8, 4) is 22.5 Å². The van der Waals surface area contributed by atoms with Crippen LogP contribution in [0.15, 0.2) is 152 Å². The molecule has 0 atom stereocenters. The van der Waals surface area contributed by atoms with Gasteiger partial charge in [-0.1, -0.05) is 97.1 Å². The van der Waals surface area contributed by atoms with Gasteiger partial charge in [-0.3, -0.25) is 0 Å². The molecule has 0 fully saturated rings. The van der Waals surface area contributed by atoms with Crippen LogP contribution < -0.4 is 0 Å². The van der Waals surface area contributed by atoms with Gasteiger partial charge in [-0.25, -0.2) is 8.78 Å². The van der Waals surface area contributed by atoms with Crippen molar-refractivity contribution in [3.63, 3.8) is 0 Å². The lowest BCUT2D eigenvalue weighted by molar-refractivity contribution is -0.137. The number of halogens is 5. The molecule has 9 heteroatoms. The van der Waals surface area contributed by atoms with Crippen molar-refractivity contribution in [2.24, 2.45) is 0 Å². The Morgan fingerprint density at radius 1 is 0.414 bits per heavy atom. The van der Waals surface area contributed by atoms with Gasteiger partial charge in [0.25, 0.3) is 0 Å². The summed E-state index contributed by atoms with van der Waals surface area (Å²) in [7, 11) is 0. The number of rotatable bonds is 3. The lowest BCUT2D eigenvalue weighted by Gasteiger charge is -2.22. The molecule has 2 nitrogen and oxygen atoms in total. The summed E-state index contributed by atoms with van der Waals surface area (Å²) in [6, 6.07) is 45.6. The first-order valence-electron chi connectivity index (χ1n) is 18.6. The zero-order chi connectivity index (χ0) is 39.0. The number of alkyl halides is 3. The van der Waals surface area contributed by atoms with E-state index in [1.807, 2.05) is 77.4 Å². The van der Waals surface area contributed by atoms with Crippen LogP contribution in [-0.2, 0) is 6.18 Å². The molecule has 0 saturated heterocycles. The quantitative estimate of drug-likeness (QED) is 0.158. The van der Waals surface area contributed by atoms with Crippen molar-refractivity contribution in [3.05, 3.63) is 169 Å². The van der Waals surface area contributed by atoms with E-state index in [9.17, 15) is 8.78 Å². The SMILES string of the molecule is Fc1cc(F)cc(-c2cc(-n3c4ccccc4c4ccc5c6ccccc6sc5c43)c(-n3c4ccccc4c4ccc5c6ccccc6sc5c43)cc2C(F)(F)F)c1. The Hall–Kier alpha value is -6.55. The number of nitrogens with zero attached hydrogens (tertiary/aromatic N) is 2. The van der Waals surface area contributed by atoms with Gasteiger partial charge < -0.3 is 9.13 Å². The standard InChI is InChI=1S/C49H25F5N2S2/c50-27-21-26(22-28(51)23-27)37-24-41(55-39-13-5-1-9-29(39)33-17-19-35-31-11-3-7-15-43(31)57-47(35)45(33)55)42(25-38(37)49(52,53)54)56-40-14-6-2-10-30(40)34-18-20-36-32-12-4-8-16-44(32)58-48(36)46(34)56/h1-25H. The minimum atomic E-state index is -4.89. The van der Waals surface area contributed by atoms with Crippen LogP contribution in [0.25, 0.3) is 106 Å². The first-order valence-corrected chi connectivity index (χ1v) is 20.3. The van der Waals surface area contributed by atoms with Gasteiger partial charge in [-0.05, 0) is 59.7 Å². The molecule has 0 unspecified atom stereocenters. The molecule has 0 spiro atoms. The largest absolute Gasteiger partial charge is 0.417 e. The smallest absolute Gasteiger partial charge is 0.306 e. The summed E-state index contributed by atoms with van der Waals surface area (Å²) >= 11 is 3.24. The number of hydrogen-bond acceptors (Lipinski definition) is 2. The fourth-order valence-electron chi connectivity index (χ4n) is 9.08. The highest BCUT2D eigenvalue weighted by Gasteiger charge is 2.36. The highest BCUT2D eigenvalue weighted by molar-refractivity contribution is 7.27. The van der Waals surface area contributed by atoms with Gasteiger partial charge in [-0.2, -0.15) is 13.2 Å². The van der Waals surface area contributed by atoms with Crippen LogP contribution in [0.2, 0.25) is 0 Å². The van der Waals surface area contributed by atoms with Gasteiger partial charge in [0, 0.05) is 58.6 Å². The molecule has 58 heavy (non-hydrogen) atoms. The van der Waals surface area contributed by atoms with Gasteiger partial charge in [0.2, 0.25) is 0 Å². The molecule has 0 aliphatic heterocycles. The summed E-state index contributed by atoms with van der Waals surface area (Å²) in [5.74, 6) is -1.93. The van der Waals surface area contributed by atoms with Gasteiger partial charge in [0.1, 0.15) is 11.6 Å². The maximum absolute atomic E-state index is 15.7. The summed E-state index contributed by atoms with van der Waals surface area (Å²) in [5, 5.41) is 7.84. The summed E-state index contributed by atoms with van der Waals surface area (Å²) in [6.07, 6.45) is -4.89. The van der Waals surface area contributed by atoms with E-state index < -0.39 is 23.4 Å². The van der Waals surface area contributed by atoms with Crippen molar-refractivity contribution in [1.82, 2.24) is 9.13 Å². The fourth-order valence-corrected chi connectivity index (χ4v) is 11.6. The first kappa shape index (κ1) is 33.6. The Labute approximate surface area is 333 Å². The number of thiophene rings is 2. The molecule has 0 amide bonds. The van der Waals surface area contributed by atoms with Crippen LogP contribution >= 0.6 is 22.7 Å². The molecular formula is C49H25F5N2S2. The first-order chi connectivity index (χ1) is 28.2. The molecule has 4 heterocycles.